The van der Waals surface area contributed by atoms with Gasteiger partial charge in [0, 0.05) is 12.6 Å². The molecule has 2 aromatic heterocycles. The number of furan rings is 1. The maximum Gasteiger partial charge on any atom is 0.293 e. The second-order valence-electron chi connectivity index (χ2n) is 10.2. The van der Waals surface area contributed by atoms with Crippen LogP contribution in [0.2, 0.25) is 0 Å². The summed E-state index contributed by atoms with van der Waals surface area (Å²) in [5.41, 5.74) is 3.27. The van der Waals surface area contributed by atoms with Crippen LogP contribution in [0, 0.1) is 17.8 Å². The molecule has 2 unspecified atom stereocenters. The molecule has 1 aliphatic heterocycles. The quantitative estimate of drug-likeness (QED) is 0.624. The summed E-state index contributed by atoms with van der Waals surface area (Å²) in [6.45, 7) is 9.76. The monoisotopic (exact) mass is 404 g/mol. The first-order valence-electron chi connectivity index (χ1n) is 10.6. The average molecular weight is 405 g/mol. The summed E-state index contributed by atoms with van der Waals surface area (Å²) in [5, 5.41) is 4.66. The van der Waals surface area contributed by atoms with E-state index >= 15 is 0 Å². The Bertz CT molecular complexity index is 1080. The smallest absolute Gasteiger partial charge is 0.293 e. The summed E-state index contributed by atoms with van der Waals surface area (Å²) < 4.78 is 7.01. The van der Waals surface area contributed by atoms with Gasteiger partial charge in [-0.25, -0.2) is 9.67 Å². The Balaban J connectivity index is 1.53. The van der Waals surface area contributed by atoms with Crippen LogP contribution >= 0.6 is 0 Å². The van der Waals surface area contributed by atoms with Crippen molar-refractivity contribution in [1.29, 1.82) is 0 Å². The van der Waals surface area contributed by atoms with Crippen molar-refractivity contribution in [2.45, 2.75) is 53.0 Å². The summed E-state index contributed by atoms with van der Waals surface area (Å²) in [6.07, 6.45) is 6.48. The molecule has 5 rings (SSSR count). The number of hydrogen-bond acceptors (Lipinski definition) is 4. The van der Waals surface area contributed by atoms with E-state index in [4.69, 9.17) is 4.42 Å². The molecule has 2 aliphatic rings. The Morgan fingerprint density at radius 3 is 2.60 bits per heavy atom. The van der Waals surface area contributed by atoms with Crippen LogP contribution in [0.4, 0.5) is 0 Å². The van der Waals surface area contributed by atoms with E-state index in [-0.39, 0.29) is 28.6 Å². The van der Waals surface area contributed by atoms with Crippen molar-refractivity contribution in [3.05, 3.63) is 54.2 Å². The third-order valence-electron chi connectivity index (χ3n) is 6.53. The van der Waals surface area contributed by atoms with E-state index in [9.17, 15) is 4.79 Å². The van der Waals surface area contributed by atoms with Gasteiger partial charge in [-0.2, -0.15) is 0 Å². The molecule has 6 nitrogen and oxygen atoms in total. The molecule has 0 radical (unpaired) electrons. The fourth-order valence-electron chi connectivity index (χ4n) is 5.67. The van der Waals surface area contributed by atoms with Crippen molar-refractivity contribution in [1.82, 2.24) is 19.7 Å². The van der Waals surface area contributed by atoms with Crippen molar-refractivity contribution in [2.24, 2.45) is 10.8 Å². The molecule has 1 aromatic carbocycles. The third-order valence-corrected chi connectivity index (χ3v) is 6.53. The number of amides is 1. The Kier molecular flexibility index (Phi) is 4.17. The first kappa shape index (κ1) is 19.1. The number of carbonyl (C=O) groups is 1. The Morgan fingerprint density at radius 1 is 1.13 bits per heavy atom. The van der Waals surface area contributed by atoms with Crippen LogP contribution in [-0.2, 0) is 0 Å². The molecule has 1 saturated heterocycles. The zero-order valence-electron chi connectivity index (χ0n) is 18.1. The lowest BCUT2D eigenvalue weighted by Gasteiger charge is -2.39. The van der Waals surface area contributed by atoms with Crippen molar-refractivity contribution in [3.8, 4) is 17.1 Å². The summed E-state index contributed by atoms with van der Waals surface area (Å²) in [5.74, 6) is 0.794. The average Bonchev–Trinajstić information content (AvgIpc) is 3.38. The predicted octanol–water partition coefficient (Wildman–Crippen LogP) is 4.88. The maximum atomic E-state index is 13.5. The van der Waals surface area contributed by atoms with E-state index in [0.29, 0.717) is 5.82 Å². The second kappa shape index (κ2) is 6.56. The third kappa shape index (κ3) is 3.24. The first-order chi connectivity index (χ1) is 14.2. The number of aryl methyl sites for hydroxylation is 1. The number of likely N-dealkylation sites (tertiary alicyclic amines) is 1. The summed E-state index contributed by atoms with van der Waals surface area (Å²) in [7, 11) is 0. The molecule has 30 heavy (non-hydrogen) atoms. The molecule has 2 fully saturated rings. The van der Waals surface area contributed by atoms with Gasteiger partial charge in [0.25, 0.3) is 5.91 Å². The van der Waals surface area contributed by atoms with Crippen LogP contribution in [0.15, 0.2) is 47.3 Å². The first-order valence-corrected chi connectivity index (χ1v) is 10.6. The van der Waals surface area contributed by atoms with Gasteiger partial charge in [0.2, 0.25) is 5.82 Å². The van der Waals surface area contributed by atoms with Gasteiger partial charge in [-0.15, -0.1) is 5.10 Å². The van der Waals surface area contributed by atoms with Crippen molar-refractivity contribution in [2.75, 3.05) is 6.54 Å². The van der Waals surface area contributed by atoms with Gasteiger partial charge in [-0.1, -0.05) is 38.5 Å². The van der Waals surface area contributed by atoms with Gasteiger partial charge in [0.1, 0.15) is 6.26 Å². The minimum Gasteiger partial charge on any atom is -0.472 e. The molecule has 0 spiro atoms. The molecule has 1 aliphatic carbocycles. The lowest BCUT2D eigenvalue weighted by atomic mass is 9.65. The SMILES string of the molecule is Cc1ccc(-n2nc(C(=O)N3CC4(C)CC3CC(C)(C)C4)nc2-c2ccoc2)cc1. The molecule has 2 bridgehead atoms. The van der Waals surface area contributed by atoms with E-state index in [1.807, 2.05) is 42.2 Å². The van der Waals surface area contributed by atoms with E-state index < -0.39 is 0 Å². The number of rotatable bonds is 3. The minimum atomic E-state index is -0.0722. The van der Waals surface area contributed by atoms with E-state index in [1.165, 1.54) is 5.56 Å². The van der Waals surface area contributed by atoms with Crippen LogP contribution in [0.25, 0.3) is 17.1 Å². The molecule has 0 N–H and O–H groups in total. The van der Waals surface area contributed by atoms with Crippen LogP contribution in [0.1, 0.15) is 56.2 Å². The lowest BCUT2D eigenvalue weighted by Crippen LogP contribution is -2.38. The highest BCUT2D eigenvalue weighted by Crippen LogP contribution is 2.52. The van der Waals surface area contributed by atoms with Crippen LogP contribution in [0.5, 0.6) is 0 Å². The minimum absolute atomic E-state index is 0.0722. The zero-order chi connectivity index (χ0) is 21.1. The number of hydrogen-bond donors (Lipinski definition) is 0. The van der Waals surface area contributed by atoms with Crippen LogP contribution in [0.3, 0.4) is 0 Å². The van der Waals surface area contributed by atoms with Gasteiger partial charge in [0.15, 0.2) is 5.82 Å². The molecular weight excluding hydrogens is 376 g/mol. The van der Waals surface area contributed by atoms with Gasteiger partial charge >= 0.3 is 0 Å². The number of benzene rings is 1. The fourth-order valence-corrected chi connectivity index (χ4v) is 5.67. The largest absolute Gasteiger partial charge is 0.472 e. The summed E-state index contributed by atoms with van der Waals surface area (Å²) >= 11 is 0. The predicted molar refractivity (Wildman–Crippen MR) is 114 cm³/mol. The summed E-state index contributed by atoms with van der Waals surface area (Å²) in [6, 6.07) is 10.2. The Morgan fingerprint density at radius 2 is 1.90 bits per heavy atom. The highest BCUT2D eigenvalue weighted by atomic mass is 16.3. The molecule has 156 valence electrons. The highest BCUT2D eigenvalue weighted by molar-refractivity contribution is 5.91. The van der Waals surface area contributed by atoms with Crippen LogP contribution in [-0.4, -0.2) is 38.2 Å². The van der Waals surface area contributed by atoms with Gasteiger partial charge < -0.3 is 9.32 Å². The number of fused-ring (bicyclic) bond motifs is 2. The molecular formula is C24H28N4O2. The van der Waals surface area contributed by atoms with Crippen molar-refractivity contribution in [3.63, 3.8) is 0 Å². The van der Waals surface area contributed by atoms with E-state index in [0.717, 1.165) is 37.1 Å². The Hall–Kier alpha value is -2.89. The molecule has 2 atom stereocenters. The van der Waals surface area contributed by atoms with E-state index in [1.54, 1.807) is 17.2 Å². The standard InChI is InChI=1S/C24H28N4O2/c1-16-5-7-18(8-6-16)28-21(17-9-10-30-13-17)25-20(26-28)22(29)27-15-24(4)12-19(27)11-23(2,3)14-24/h5-10,13,19H,11-12,14-15H2,1-4H3. The maximum absolute atomic E-state index is 13.5. The van der Waals surface area contributed by atoms with Gasteiger partial charge in [-0.3, -0.25) is 4.79 Å². The van der Waals surface area contributed by atoms with Crippen molar-refractivity contribution >= 4 is 5.91 Å². The molecule has 3 aromatic rings. The normalized spacial score (nSPS) is 24.9. The van der Waals surface area contributed by atoms with Gasteiger partial charge in [-0.05, 0) is 55.2 Å². The molecule has 1 saturated carbocycles. The molecule has 1 amide bonds. The number of aromatic nitrogens is 3. The van der Waals surface area contributed by atoms with E-state index in [2.05, 4.69) is 30.9 Å². The van der Waals surface area contributed by atoms with Gasteiger partial charge in [0.05, 0.1) is 17.5 Å². The highest BCUT2D eigenvalue weighted by Gasteiger charge is 2.51. The second-order valence-corrected chi connectivity index (χ2v) is 10.2. The molecule has 6 heteroatoms. The number of nitrogens with zero attached hydrogens (tertiary/aromatic N) is 4. The fraction of sp³-hybridized carbons (Fsp3) is 0.458. The van der Waals surface area contributed by atoms with Crippen molar-refractivity contribution < 1.29 is 9.21 Å². The summed E-state index contributed by atoms with van der Waals surface area (Å²) in [4.78, 5) is 20.2. The topological polar surface area (TPSA) is 64.2 Å². The Labute approximate surface area is 176 Å². The van der Waals surface area contributed by atoms with Crippen LogP contribution < -0.4 is 0 Å². The molecule has 3 heterocycles. The number of carbonyl (C=O) groups excluding carboxylic acids is 1. The lowest BCUT2D eigenvalue weighted by molar-refractivity contribution is 0.0696. The zero-order valence-corrected chi connectivity index (χ0v) is 18.1.